The molecule has 3 nitrogen and oxygen atoms in total. The number of ether oxygens (including phenoxy) is 2. The third-order valence-corrected chi connectivity index (χ3v) is 3.37. The van der Waals surface area contributed by atoms with Crippen LogP contribution in [0.1, 0.15) is 65.2 Å². The van der Waals surface area contributed by atoms with Crippen molar-refractivity contribution in [3.8, 4) is 0 Å². The van der Waals surface area contributed by atoms with E-state index < -0.39 is 10.9 Å². The maximum absolute atomic E-state index is 11.5. The first kappa shape index (κ1) is 17.8. The Balaban J connectivity index is 3.33. The summed E-state index contributed by atoms with van der Waals surface area (Å²) in [5.74, 6) is -0.406. The van der Waals surface area contributed by atoms with Crippen molar-refractivity contribution in [2.45, 2.75) is 70.1 Å². The summed E-state index contributed by atoms with van der Waals surface area (Å²) in [7, 11) is 1.45. The highest BCUT2D eigenvalue weighted by atomic mass is 32.1. The van der Waals surface area contributed by atoms with Gasteiger partial charge in [0.15, 0.2) is 0 Å². The Labute approximate surface area is 117 Å². The van der Waals surface area contributed by atoms with Gasteiger partial charge in [0.1, 0.15) is 0 Å². The van der Waals surface area contributed by atoms with Gasteiger partial charge in [-0.2, -0.15) is 0 Å². The third kappa shape index (κ3) is 8.81. The zero-order valence-corrected chi connectivity index (χ0v) is 12.9. The quantitative estimate of drug-likeness (QED) is 0.268. The summed E-state index contributed by atoms with van der Waals surface area (Å²) in [5.41, 5.74) is 0. The first-order chi connectivity index (χ1) is 8.54. The standard InChI is InChI=1S/C14H28O3S/c1-4-5-6-7-8-9-10-11-12-17-13(15)14(2,18)16-3/h18H,4-12H2,1-3H3. The number of unbranched alkanes of at least 4 members (excludes halogenated alkanes) is 7. The van der Waals surface area contributed by atoms with Crippen molar-refractivity contribution in [1.29, 1.82) is 0 Å². The van der Waals surface area contributed by atoms with Crippen molar-refractivity contribution in [2.75, 3.05) is 13.7 Å². The van der Waals surface area contributed by atoms with E-state index in [9.17, 15) is 4.79 Å². The summed E-state index contributed by atoms with van der Waals surface area (Å²) in [6, 6.07) is 0. The van der Waals surface area contributed by atoms with Gasteiger partial charge in [0.25, 0.3) is 0 Å². The van der Waals surface area contributed by atoms with Crippen molar-refractivity contribution in [1.82, 2.24) is 0 Å². The first-order valence-corrected chi connectivity index (χ1v) is 7.44. The lowest BCUT2D eigenvalue weighted by atomic mass is 10.1. The van der Waals surface area contributed by atoms with E-state index in [1.54, 1.807) is 6.92 Å². The predicted octanol–water partition coefficient (Wildman–Crippen LogP) is 3.96. The van der Waals surface area contributed by atoms with Crippen molar-refractivity contribution in [2.24, 2.45) is 0 Å². The van der Waals surface area contributed by atoms with Crippen LogP contribution in [0.4, 0.5) is 0 Å². The minimum absolute atomic E-state index is 0.406. The SMILES string of the molecule is CCCCCCCCCCOC(=O)C(C)(S)OC. The minimum atomic E-state index is -1.12. The van der Waals surface area contributed by atoms with E-state index in [4.69, 9.17) is 9.47 Å². The maximum atomic E-state index is 11.5. The van der Waals surface area contributed by atoms with E-state index in [1.165, 1.54) is 45.6 Å². The molecular formula is C14H28O3S. The molecule has 1 unspecified atom stereocenters. The first-order valence-electron chi connectivity index (χ1n) is 6.99. The normalized spacial score (nSPS) is 14.2. The number of hydrogen-bond donors (Lipinski definition) is 1. The molecule has 1 atom stereocenters. The average Bonchev–Trinajstić information content (AvgIpc) is 2.36. The lowest BCUT2D eigenvalue weighted by Crippen LogP contribution is -2.33. The van der Waals surface area contributed by atoms with Gasteiger partial charge in [-0.15, -0.1) is 12.6 Å². The summed E-state index contributed by atoms with van der Waals surface area (Å²) in [6.45, 7) is 4.28. The molecule has 0 saturated heterocycles. The van der Waals surface area contributed by atoms with Gasteiger partial charge in [-0.1, -0.05) is 51.9 Å². The van der Waals surface area contributed by atoms with Crippen LogP contribution in [0.2, 0.25) is 0 Å². The molecule has 0 radical (unpaired) electrons. The zero-order chi connectivity index (χ0) is 13.9. The van der Waals surface area contributed by atoms with Crippen LogP contribution in [-0.4, -0.2) is 24.6 Å². The van der Waals surface area contributed by atoms with Crippen LogP contribution in [0.15, 0.2) is 0 Å². The van der Waals surface area contributed by atoms with Gasteiger partial charge in [-0.05, 0) is 13.3 Å². The van der Waals surface area contributed by atoms with Gasteiger partial charge in [0.2, 0.25) is 4.93 Å². The number of thiol groups is 1. The zero-order valence-electron chi connectivity index (χ0n) is 12.0. The lowest BCUT2D eigenvalue weighted by Gasteiger charge is -2.19. The fourth-order valence-electron chi connectivity index (χ4n) is 1.62. The van der Waals surface area contributed by atoms with E-state index in [0.29, 0.717) is 6.61 Å². The van der Waals surface area contributed by atoms with Gasteiger partial charge in [-0.3, -0.25) is 0 Å². The maximum Gasteiger partial charge on any atom is 0.348 e. The van der Waals surface area contributed by atoms with Crippen LogP contribution in [0.3, 0.4) is 0 Å². The second kappa shape index (κ2) is 10.7. The summed E-state index contributed by atoms with van der Waals surface area (Å²) in [5, 5.41) is 0. The van der Waals surface area contributed by atoms with Gasteiger partial charge in [0, 0.05) is 7.11 Å². The predicted molar refractivity (Wildman–Crippen MR) is 78.0 cm³/mol. The van der Waals surface area contributed by atoms with Crippen LogP contribution >= 0.6 is 12.6 Å². The van der Waals surface area contributed by atoms with Crippen LogP contribution in [0.5, 0.6) is 0 Å². The molecule has 108 valence electrons. The number of hydrogen-bond acceptors (Lipinski definition) is 4. The average molecular weight is 276 g/mol. The Kier molecular flexibility index (Phi) is 10.5. The number of methoxy groups -OCH3 is 1. The van der Waals surface area contributed by atoms with Crippen LogP contribution < -0.4 is 0 Å². The molecule has 0 aromatic rings. The van der Waals surface area contributed by atoms with Crippen LogP contribution in [0.25, 0.3) is 0 Å². The molecular weight excluding hydrogens is 248 g/mol. The summed E-state index contributed by atoms with van der Waals surface area (Å²) in [6.07, 6.45) is 9.86. The smallest absolute Gasteiger partial charge is 0.348 e. The van der Waals surface area contributed by atoms with Crippen LogP contribution in [0, 0.1) is 0 Å². The van der Waals surface area contributed by atoms with E-state index >= 15 is 0 Å². The summed E-state index contributed by atoms with van der Waals surface area (Å²) >= 11 is 4.08. The second-order valence-corrected chi connectivity index (χ2v) is 5.65. The van der Waals surface area contributed by atoms with Crippen molar-refractivity contribution in [3.63, 3.8) is 0 Å². The van der Waals surface area contributed by atoms with Crippen molar-refractivity contribution >= 4 is 18.6 Å². The molecule has 0 saturated carbocycles. The molecule has 0 heterocycles. The highest BCUT2D eigenvalue weighted by molar-refractivity contribution is 7.82. The third-order valence-electron chi connectivity index (χ3n) is 3.01. The largest absolute Gasteiger partial charge is 0.463 e. The highest BCUT2D eigenvalue weighted by Gasteiger charge is 2.29. The molecule has 0 rings (SSSR count). The summed E-state index contributed by atoms with van der Waals surface area (Å²) in [4.78, 5) is 10.4. The topological polar surface area (TPSA) is 35.5 Å². The molecule has 0 spiro atoms. The Morgan fingerprint density at radius 1 is 1.06 bits per heavy atom. The second-order valence-electron chi connectivity index (χ2n) is 4.80. The Morgan fingerprint density at radius 3 is 2.06 bits per heavy atom. The van der Waals surface area contributed by atoms with Crippen molar-refractivity contribution < 1.29 is 14.3 Å². The number of carbonyl (C=O) groups is 1. The lowest BCUT2D eigenvalue weighted by molar-refractivity contribution is -0.157. The Bertz CT molecular complexity index is 217. The minimum Gasteiger partial charge on any atom is -0.463 e. The van der Waals surface area contributed by atoms with Gasteiger partial charge in [-0.25, -0.2) is 4.79 Å². The fraction of sp³-hybridized carbons (Fsp3) is 0.929. The molecule has 0 N–H and O–H groups in total. The van der Waals surface area contributed by atoms with E-state index in [0.717, 1.165) is 12.8 Å². The Morgan fingerprint density at radius 2 is 1.56 bits per heavy atom. The molecule has 4 heteroatoms. The monoisotopic (exact) mass is 276 g/mol. The molecule has 0 aliphatic rings. The van der Waals surface area contributed by atoms with E-state index in [1.807, 2.05) is 0 Å². The van der Waals surface area contributed by atoms with E-state index in [-0.39, 0.29) is 0 Å². The molecule has 18 heavy (non-hydrogen) atoms. The molecule has 0 fully saturated rings. The van der Waals surface area contributed by atoms with Gasteiger partial charge in [0.05, 0.1) is 6.61 Å². The van der Waals surface area contributed by atoms with Crippen LogP contribution in [-0.2, 0) is 14.3 Å². The Hall–Kier alpha value is -0.220. The molecule has 0 aliphatic carbocycles. The molecule has 0 aliphatic heterocycles. The van der Waals surface area contributed by atoms with Gasteiger partial charge >= 0.3 is 5.97 Å². The van der Waals surface area contributed by atoms with Gasteiger partial charge < -0.3 is 9.47 Å². The molecule has 0 amide bonds. The fourth-order valence-corrected chi connectivity index (χ4v) is 1.68. The molecule has 0 aromatic carbocycles. The highest BCUT2D eigenvalue weighted by Crippen LogP contribution is 2.16. The van der Waals surface area contributed by atoms with Crippen molar-refractivity contribution in [3.05, 3.63) is 0 Å². The number of carbonyl (C=O) groups excluding carboxylic acids is 1. The molecule has 0 aromatic heterocycles. The number of rotatable bonds is 11. The summed E-state index contributed by atoms with van der Waals surface area (Å²) < 4.78 is 10.0. The number of esters is 1. The van der Waals surface area contributed by atoms with E-state index in [2.05, 4.69) is 19.6 Å². The molecule has 0 bridgehead atoms.